The molecule has 1 aromatic heterocycles. The molecule has 1 N–H and O–H groups in total. The monoisotopic (exact) mass is 389 g/mol. The van der Waals surface area contributed by atoms with Gasteiger partial charge in [-0.2, -0.15) is 5.10 Å². The van der Waals surface area contributed by atoms with Crippen molar-refractivity contribution in [3.63, 3.8) is 0 Å². The third-order valence-electron chi connectivity index (χ3n) is 5.83. The molecule has 0 radical (unpaired) electrons. The van der Waals surface area contributed by atoms with Crippen molar-refractivity contribution in [3.05, 3.63) is 83.7 Å². The molecule has 1 aliphatic rings. The van der Waals surface area contributed by atoms with E-state index in [9.17, 15) is 14.7 Å². The highest BCUT2D eigenvalue weighted by Crippen LogP contribution is 2.36. The second-order valence-corrected chi connectivity index (χ2v) is 7.50. The average molecular weight is 389 g/mol. The van der Waals surface area contributed by atoms with Crippen LogP contribution < -0.4 is 0 Å². The number of carboxylic acid groups (broad SMARTS) is 1. The molecular weight excluding hydrogens is 366 g/mol. The van der Waals surface area contributed by atoms with E-state index >= 15 is 0 Å². The van der Waals surface area contributed by atoms with Gasteiger partial charge in [0.25, 0.3) is 5.91 Å². The molecule has 1 fully saturated rings. The fourth-order valence-corrected chi connectivity index (χ4v) is 4.11. The quantitative estimate of drug-likeness (QED) is 0.742. The summed E-state index contributed by atoms with van der Waals surface area (Å²) in [6.07, 6.45) is 4.39. The number of benzene rings is 2. The molecule has 1 saturated heterocycles. The lowest BCUT2D eigenvalue weighted by molar-refractivity contribution is -0.145. The summed E-state index contributed by atoms with van der Waals surface area (Å²) < 4.78 is 1.77. The van der Waals surface area contributed by atoms with Crippen LogP contribution in [0.25, 0.3) is 5.69 Å². The number of aliphatic carboxylic acids is 1. The van der Waals surface area contributed by atoms with Crippen molar-refractivity contribution in [1.29, 1.82) is 0 Å². The molecule has 2 aromatic carbocycles. The number of carbonyl (C=O) groups excluding carboxylic acids is 1. The molecule has 0 saturated carbocycles. The van der Waals surface area contributed by atoms with E-state index in [1.54, 1.807) is 15.8 Å². The summed E-state index contributed by atoms with van der Waals surface area (Å²) >= 11 is 0. The highest BCUT2D eigenvalue weighted by molar-refractivity contribution is 5.95. The molecule has 0 aliphatic carbocycles. The van der Waals surface area contributed by atoms with Gasteiger partial charge in [0.2, 0.25) is 0 Å². The van der Waals surface area contributed by atoms with Gasteiger partial charge in [0.05, 0.1) is 11.1 Å². The van der Waals surface area contributed by atoms with Crippen molar-refractivity contribution in [2.75, 3.05) is 13.1 Å². The van der Waals surface area contributed by atoms with Crippen LogP contribution in [0.4, 0.5) is 0 Å². The lowest BCUT2D eigenvalue weighted by Crippen LogP contribution is -2.49. The Hall–Kier alpha value is -3.41. The molecular formula is C23H23N3O3. The van der Waals surface area contributed by atoms with Crippen LogP contribution >= 0.6 is 0 Å². The van der Waals surface area contributed by atoms with Gasteiger partial charge in [-0.3, -0.25) is 9.59 Å². The van der Waals surface area contributed by atoms with Gasteiger partial charge in [-0.05, 0) is 55.2 Å². The summed E-state index contributed by atoms with van der Waals surface area (Å²) in [6.45, 7) is 2.79. The zero-order valence-corrected chi connectivity index (χ0v) is 16.3. The van der Waals surface area contributed by atoms with Gasteiger partial charge in [-0.1, -0.05) is 30.3 Å². The van der Waals surface area contributed by atoms with E-state index in [2.05, 4.69) is 5.10 Å². The Kier molecular flexibility index (Phi) is 4.92. The Balaban J connectivity index is 1.52. The van der Waals surface area contributed by atoms with Gasteiger partial charge in [-0.25, -0.2) is 4.68 Å². The van der Waals surface area contributed by atoms with E-state index in [1.165, 1.54) is 0 Å². The fraction of sp³-hybridized carbons (Fsp3) is 0.261. The maximum atomic E-state index is 13.0. The summed E-state index contributed by atoms with van der Waals surface area (Å²) in [4.78, 5) is 26.9. The van der Waals surface area contributed by atoms with E-state index < -0.39 is 11.4 Å². The number of amides is 1. The molecule has 2 heterocycles. The molecule has 3 aromatic rings. The van der Waals surface area contributed by atoms with E-state index in [0.717, 1.165) is 16.8 Å². The van der Waals surface area contributed by atoms with E-state index in [1.807, 2.05) is 67.7 Å². The van der Waals surface area contributed by atoms with Crippen LogP contribution in [-0.2, 0) is 10.2 Å². The Bertz CT molecular complexity index is 1020. The minimum Gasteiger partial charge on any atom is -0.481 e. The highest BCUT2D eigenvalue weighted by Gasteiger charge is 2.43. The zero-order valence-electron chi connectivity index (χ0n) is 16.3. The first-order valence-corrected chi connectivity index (χ1v) is 9.70. The van der Waals surface area contributed by atoms with Crippen LogP contribution in [0.1, 0.15) is 34.3 Å². The molecule has 29 heavy (non-hydrogen) atoms. The van der Waals surface area contributed by atoms with E-state index in [0.29, 0.717) is 31.5 Å². The van der Waals surface area contributed by atoms with Crippen molar-refractivity contribution in [3.8, 4) is 5.69 Å². The van der Waals surface area contributed by atoms with E-state index in [-0.39, 0.29) is 5.91 Å². The lowest BCUT2D eigenvalue weighted by Gasteiger charge is -2.39. The van der Waals surface area contributed by atoms with Crippen LogP contribution in [0.15, 0.2) is 67.0 Å². The topological polar surface area (TPSA) is 75.4 Å². The zero-order chi connectivity index (χ0) is 20.4. The van der Waals surface area contributed by atoms with E-state index in [4.69, 9.17) is 0 Å². The maximum absolute atomic E-state index is 13.0. The SMILES string of the molecule is Cc1cc(C(=O)N2CCC(C(=O)O)(c3ccccc3)CC2)ccc1-n1cccn1. The van der Waals surface area contributed by atoms with Crippen molar-refractivity contribution in [2.45, 2.75) is 25.2 Å². The number of carboxylic acids is 1. The Morgan fingerprint density at radius 1 is 1.03 bits per heavy atom. The van der Waals surface area contributed by atoms with Crippen LogP contribution in [0, 0.1) is 6.92 Å². The summed E-state index contributed by atoms with van der Waals surface area (Å²) in [7, 11) is 0. The normalized spacial score (nSPS) is 15.8. The van der Waals surface area contributed by atoms with Gasteiger partial charge in [0.1, 0.15) is 0 Å². The number of likely N-dealkylation sites (tertiary alicyclic amines) is 1. The van der Waals surface area contributed by atoms with Crippen LogP contribution in [0.5, 0.6) is 0 Å². The van der Waals surface area contributed by atoms with Gasteiger partial charge in [-0.15, -0.1) is 0 Å². The number of hydrogen-bond donors (Lipinski definition) is 1. The van der Waals surface area contributed by atoms with Gasteiger partial charge in [0, 0.05) is 31.0 Å². The molecule has 0 spiro atoms. The highest BCUT2D eigenvalue weighted by atomic mass is 16.4. The van der Waals surface area contributed by atoms with Gasteiger partial charge < -0.3 is 10.0 Å². The molecule has 1 amide bonds. The predicted molar refractivity (Wildman–Crippen MR) is 109 cm³/mol. The first-order valence-electron chi connectivity index (χ1n) is 9.70. The summed E-state index contributed by atoms with van der Waals surface area (Å²) in [5, 5.41) is 14.2. The molecule has 6 nitrogen and oxygen atoms in total. The van der Waals surface area contributed by atoms with Gasteiger partial charge in [0.15, 0.2) is 0 Å². The van der Waals surface area contributed by atoms with Crippen LogP contribution in [-0.4, -0.2) is 44.8 Å². The third kappa shape index (κ3) is 3.42. The third-order valence-corrected chi connectivity index (χ3v) is 5.83. The number of nitrogens with zero attached hydrogens (tertiary/aromatic N) is 3. The number of hydrogen-bond acceptors (Lipinski definition) is 3. The van der Waals surface area contributed by atoms with Crippen molar-refractivity contribution in [2.24, 2.45) is 0 Å². The van der Waals surface area contributed by atoms with Crippen molar-refractivity contribution >= 4 is 11.9 Å². The minimum atomic E-state index is -0.933. The smallest absolute Gasteiger partial charge is 0.314 e. The summed E-state index contributed by atoms with van der Waals surface area (Å²) in [6, 6.07) is 16.8. The number of carbonyl (C=O) groups is 2. The number of aromatic nitrogens is 2. The van der Waals surface area contributed by atoms with Gasteiger partial charge >= 0.3 is 5.97 Å². The molecule has 0 unspecified atom stereocenters. The molecule has 6 heteroatoms. The Labute approximate surface area is 169 Å². The standard InChI is InChI=1S/C23H23N3O3/c1-17-16-18(8-9-20(17)26-13-5-12-24-26)21(27)25-14-10-23(11-15-25,22(28)29)19-6-3-2-4-7-19/h2-9,12-13,16H,10-11,14-15H2,1H3,(H,28,29). The molecule has 148 valence electrons. The number of piperidine rings is 1. The second-order valence-electron chi connectivity index (χ2n) is 7.50. The molecule has 1 aliphatic heterocycles. The van der Waals surface area contributed by atoms with Crippen LogP contribution in [0.3, 0.4) is 0 Å². The average Bonchev–Trinajstić information content (AvgIpc) is 3.28. The summed E-state index contributed by atoms with van der Waals surface area (Å²) in [5.74, 6) is -0.887. The number of aryl methyl sites for hydroxylation is 1. The minimum absolute atomic E-state index is 0.0628. The van der Waals surface area contributed by atoms with Crippen LogP contribution in [0.2, 0.25) is 0 Å². The molecule has 0 atom stereocenters. The first-order chi connectivity index (χ1) is 14.0. The Morgan fingerprint density at radius 2 is 1.76 bits per heavy atom. The molecule has 0 bridgehead atoms. The largest absolute Gasteiger partial charge is 0.481 e. The summed E-state index contributed by atoms with van der Waals surface area (Å²) in [5.41, 5.74) is 2.37. The second kappa shape index (κ2) is 7.54. The van der Waals surface area contributed by atoms with Crippen molar-refractivity contribution < 1.29 is 14.7 Å². The first kappa shape index (κ1) is 18.9. The van der Waals surface area contributed by atoms with Crippen molar-refractivity contribution in [1.82, 2.24) is 14.7 Å². The Morgan fingerprint density at radius 3 is 2.34 bits per heavy atom. The lowest BCUT2D eigenvalue weighted by atomic mass is 9.72. The molecule has 4 rings (SSSR count). The maximum Gasteiger partial charge on any atom is 0.314 e. The predicted octanol–water partition coefficient (Wildman–Crippen LogP) is 3.44. The number of rotatable bonds is 4. The fourth-order valence-electron chi connectivity index (χ4n) is 4.11.